The summed E-state index contributed by atoms with van der Waals surface area (Å²) in [7, 11) is 0. The number of halogens is 2. The lowest BCUT2D eigenvalue weighted by atomic mass is 10.1. The largest absolute Gasteiger partial charge is 0.457 e. The van der Waals surface area contributed by atoms with Gasteiger partial charge in [0.1, 0.15) is 11.5 Å². The first-order valence-corrected chi connectivity index (χ1v) is 8.15. The van der Waals surface area contributed by atoms with Crippen molar-refractivity contribution in [2.75, 3.05) is 6.54 Å². The number of hydrogen-bond donors (Lipinski definition) is 1. The maximum atomic E-state index is 6.36. The van der Waals surface area contributed by atoms with E-state index in [1.807, 2.05) is 43.3 Å². The predicted octanol–water partition coefficient (Wildman–Crippen LogP) is 5.87. The predicted molar refractivity (Wildman–Crippen MR) is 92.5 cm³/mol. The van der Waals surface area contributed by atoms with Crippen LogP contribution in [0.1, 0.15) is 31.0 Å². The van der Waals surface area contributed by atoms with Crippen LogP contribution in [0.4, 0.5) is 0 Å². The number of hydrogen-bond acceptors (Lipinski definition) is 2. The first-order chi connectivity index (χ1) is 10.0. The molecule has 0 fully saturated rings. The lowest BCUT2D eigenvalue weighted by molar-refractivity contribution is 0.481. The Morgan fingerprint density at radius 2 is 1.86 bits per heavy atom. The quantitative estimate of drug-likeness (QED) is 0.712. The molecule has 1 unspecified atom stereocenters. The molecule has 2 nitrogen and oxygen atoms in total. The molecule has 0 spiro atoms. The number of ether oxygens (including phenoxy) is 1. The van der Waals surface area contributed by atoms with Crippen LogP contribution in [0.15, 0.2) is 40.9 Å². The van der Waals surface area contributed by atoms with Crippen LogP contribution < -0.4 is 10.1 Å². The Balaban J connectivity index is 2.18. The molecular weight excluding hydrogens is 350 g/mol. The van der Waals surface area contributed by atoms with Crippen molar-refractivity contribution in [2.45, 2.75) is 26.8 Å². The van der Waals surface area contributed by atoms with Crippen LogP contribution >= 0.6 is 27.5 Å². The molecule has 0 bridgehead atoms. The molecule has 2 rings (SSSR count). The fourth-order valence-electron chi connectivity index (χ4n) is 2.16. The fraction of sp³-hybridized carbons (Fsp3) is 0.294. The van der Waals surface area contributed by atoms with Crippen LogP contribution in [0.3, 0.4) is 0 Å². The van der Waals surface area contributed by atoms with Crippen molar-refractivity contribution < 1.29 is 4.74 Å². The SMILES string of the molecule is CCNC(C)c1ccc(Oc2ccc(Br)c(C)c2)cc1Cl. The van der Waals surface area contributed by atoms with E-state index in [0.717, 1.165) is 38.7 Å². The zero-order valence-electron chi connectivity index (χ0n) is 12.4. The van der Waals surface area contributed by atoms with E-state index >= 15 is 0 Å². The average Bonchev–Trinajstić information content (AvgIpc) is 2.43. The topological polar surface area (TPSA) is 21.3 Å². The van der Waals surface area contributed by atoms with Gasteiger partial charge in [0.05, 0.1) is 0 Å². The molecule has 1 atom stereocenters. The van der Waals surface area contributed by atoms with E-state index in [1.54, 1.807) is 0 Å². The minimum atomic E-state index is 0.228. The highest BCUT2D eigenvalue weighted by molar-refractivity contribution is 9.10. The molecule has 1 N–H and O–H groups in total. The second-order valence-electron chi connectivity index (χ2n) is 4.98. The summed E-state index contributed by atoms with van der Waals surface area (Å²) in [5.74, 6) is 1.55. The normalized spacial score (nSPS) is 12.2. The van der Waals surface area contributed by atoms with Crippen LogP contribution in [0.5, 0.6) is 11.5 Å². The third-order valence-electron chi connectivity index (χ3n) is 3.31. The van der Waals surface area contributed by atoms with Crippen LogP contribution in [0.25, 0.3) is 0 Å². The molecule has 0 saturated carbocycles. The Hall–Kier alpha value is -1.03. The minimum Gasteiger partial charge on any atom is -0.457 e. The van der Waals surface area contributed by atoms with Crippen molar-refractivity contribution in [3.8, 4) is 11.5 Å². The molecule has 0 aliphatic rings. The van der Waals surface area contributed by atoms with Crippen LogP contribution in [0, 0.1) is 6.92 Å². The molecule has 0 aliphatic carbocycles. The Bertz CT molecular complexity index is 630. The Labute approximate surface area is 139 Å². The van der Waals surface area contributed by atoms with Gasteiger partial charge in [-0.15, -0.1) is 0 Å². The molecule has 0 aromatic heterocycles. The molecule has 4 heteroatoms. The van der Waals surface area contributed by atoms with Crippen LogP contribution in [-0.2, 0) is 0 Å². The zero-order chi connectivity index (χ0) is 15.4. The van der Waals surface area contributed by atoms with Crippen molar-refractivity contribution in [3.05, 3.63) is 57.0 Å². The summed E-state index contributed by atoms with van der Waals surface area (Å²) in [6.45, 7) is 7.13. The minimum absolute atomic E-state index is 0.228. The lowest BCUT2D eigenvalue weighted by Crippen LogP contribution is -2.17. The molecule has 21 heavy (non-hydrogen) atoms. The van der Waals surface area contributed by atoms with E-state index in [9.17, 15) is 0 Å². The van der Waals surface area contributed by atoms with E-state index in [1.165, 1.54) is 0 Å². The van der Waals surface area contributed by atoms with Crippen molar-refractivity contribution in [3.63, 3.8) is 0 Å². The Morgan fingerprint density at radius 1 is 1.19 bits per heavy atom. The number of nitrogens with one attached hydrogen (secondary N) is 1. The highest BCUT2D eigenvalue weighted by Crippen LogP contribution is 2.31. The van der Waals surface area contributed by atoms with E-state index in [0.29, 0.717) is 0 Å². The molecule has 0 amide bonds. The van der Waals surface area contributed by atoms with Gasteiger partial charge in [-0.05, 0) is 61.9 Å². The van der Waals surface area contributed by atoms with Gasteiger partial charge in [0.25, 0.3) is 0 Å². The third kappa shape index (κ3) is 4.22. The van der Waals surface area contributed by atoms with E-state index in [-0.39, 0.29) is 6.04 Å². The van der Waals surface area contributed by atoms with Gasteiger partial charge in [-0.3, -0.25) is 0 Å². The van der Waals surface area contributed by atoms with Crippen LogP contribution in [-0.4, -0.2) is 6.54 Å². The molecular formula is C17H19BrClNO. The highest BCUT2D eigenvalue weighted by Gasteiger charge is 2.10. The fourth-order valence-corrected chi connectivity index (χ4v) is 2.74. The second kappa shape index (κ2) is 7.30. The maximum absolute atomic E-state index is 6.36. The first kappa shape index (κ1) is 16.3. The smallest absolute Gasteiger partial charge is 0.128 e. The lowest BCUT2D eigenvalue weighted by Gasteiger charge is -2.15. The van der Waals surface area contributed by atoms with Crippen molar-refractivity contribution >= 4 is 27.5 Å². The second-order valence-corrected chi connectivity index (χ2v) is 6.24. The van der Waals surface area contributed by atoms with Crippen LogP contribution in [0.2, 0.25) is 5.02 Å². The Morgan fingerprint density at radius 3 is 2.48 bits per heavy atom. The van der Waals surface area contributed by atoms with Gasteiger partial charge >= 0.3 is 0 Å². The van der Waals surface area contributed by atoms with E-state index in [4.69, 9.17) is 16.3 Å². The average molecular weight is 369 g/mol. The zero-order valence-corrected chi connectivity index (χ0v) is 14.8. The monoisotopic (exact) mass is 367 g/mol. The van der Waals surface area contributed by atoms with E-state index < -0.39 is 0 Å². The van der Waals surface area contributed by atoms with Crippen molar-refractivity contribution in [1.29, 1.82) is 0 Å². The number of benzene rings is 2. The first-order valence-electron chi connectivity index (χ1n) is 6.98. The highest BCUT2D eigenvalue weighted by atomic mass is 79.9. The van der Waals surface area contributed by atoms with Gasteiger partial charge in [0, 0.05) is 15.5 Å². The molecule has 2 aromatic carbocycles. The summed E-state index contributed by atoms with van der Waals surface area (Å²) in [5.41, 5.74) is 2.22. The summed E-state index contributed by atoms with van der Waals surface area (Å²) in [6.07, 6.45) is 0. The van der Waals surface area contributed by atoms with Gasteiger partial charge in [-0.25, -0.2) is 0 Å². The number of rotatable bonds is 5. The van der Waals surface area contributed by atoms with Crippen molar-refractivity contribution in [1.82, 2.24) is 5.32 Å². The summed E-state index contributed by atoms with van der Waals surface area (Å²) < 4.78 is 6.94. The molecule has 0 radical (unpaired) electrons. The summed E-state index contributed by atoms with van der Waals surface area (Å²) >= 11 is 9.84. The summed E-state index contributed by atoms with van der Waals surface area (Å²) in [4.78, 5) is 0. The molecule has 2 aromatic rings. The molecule has 0 saturated heterocycles. The number of aryl methyl sites for hydroxylation is 1. The van der Waals surface area contributed by atoms with Gasteiger partial charge in [0.15, 0.2) is 0 Å². The summed E-state index contributed by atoms with van der Waals surface area (Å²) in [5, 5.41) is 4.07. The third-order valence-corrected chi connectivity index (χ3v) is 4.53. The Kier molecular flexibility index (Phi) is 5.68. The molecule has 0 heterocycles. The van der Waals surface area contributed by atoms with Gasteiger partial charge in [-0.1, -0.05) is 40.5 Å². The molecule has 0 aliphatic heterocycles. The maximum Gasteiger partial charge on any atom is 0.128 e. The van der Waals surface area contributed by atoms with Gasteiger partial charge in [-0.2, -0.15) is 0 Å². The van der Waals surface area contributed by atoms with E-state index in [2.05, 4.69) is 35.1 Å². The standard InChI is InChI=1S/C17H19BrClNO/c1-4-20-12(3)15-7-5-14(10-17(15)19)21-13-6-8-16(18)11(2)9-13/h5-10,12,20H,4H2,1-3H3. The van der Waals surface area contributed by atoms with Crippen molar-refractivity contribution in [2.24, 2.45) is 0 Å². The summed E-state index contributed by atoms with van der Waals surface area (Å²) in [6, 6.07) is 12.0. The van der Waals surface area contributed by atoms with Gasteiger partial charge < -0.3 is 10.1 Å². The molecule has 112 valence electrons. The van der Waals surface area contributed by atoms with Gasteiger partial charge in [0.2, 0.25) is 0 Å².